The van der Waals surface area contributed by atoms with Crippen molar-refractivity contribution in [3.8, 4) is 0 Å². The number of amides is 2. The molecule has 9 heteroatoms. The lowest BCUT2D eigenvalue weighted by Gasteiger charge is -2.12. The maximum atomic E-state index is 12.8. The molecule has 1 aromatic carbocycles. The summed E-state index contributed by atoms with van der Waals surface area (Å²) in [6.07, 6.45) is 0. The number of anilines is 1. The average Bonchev–Trinajstić information content (AvgIpc) is 3.04. The van der Waals surface area contributed by atoms with Crippen LogP contribution in [0.3, 0.4) is 0 Å². The minimum Gasteiger partial charge on any atom is -0.462 e. The molecule has 31 heavy (non-hydrogen) atoms. The Morgan fingerprint density at radius 1 is 1.23 bits per heavy atom. The average molecular weight is 442 g/mol. The van der Waals surface area contributed by atoms with Crippen molar-refractivity contribution in [1.29, 1.82) is 0 Å². The molecule has 1 unspecified atom stereocenters. The maximum Gasteiger partial charge on any atom is 0.342 e. The fourth-order valence-electron chi connectivity index (χ4n) is 3.14. The Bertz CT molecular complexity index is 1170. The monoisotopic (exact) mass is 441 g/mol. The molecule has 3 N–H and O–H groups in total. The van der Waals surface area contributed by atoms with Crippen molar-refractivity contribution in [1.82, 2.24) is 4.98 Å². The number of nitrogens with zero attached hydrogens (tertiary/aromatic N) is 1. The van der Waals surface area contributed by atoms with Crippen molar-refractivity contribution < 1.29 is 23.5 Å². The number of para-hydroxylation sites is 1. The van der Waals surface area contributed by atoms with Crippen LogP contribution in [0.5, 0.6) is 0 Å². The first-order chi connectivity index (χ1) is 14.7. The number of nitrogens with two attached hydrogens (primary N) is 1. The lowest BCUT2D eigenvalue weighted by Crippen LogP contribution is -2.25. The molecule has 0 saturated carbocycles. The Kier molecular flexibility index (Phi) is 6.65. The molecule has 1 atom stereocenters. The molecular weight excluding hydrogens is 418 g/mol. The number of esters is 1. The largest absolute Gasteiger partial charge is 0.462 e. The van der Waals surface area contributed by atoms with Gasteiger partial charge in [-0.3, -0.25) is 14.9 Å². The Labute approximate surface area is 183 Å². The van der Waals surface area contributed by atoms with Gasteiger partial charge in [0.25, 0.3) is 5.91 Å². The first kappa shape index (κ1) is 22.4. The molecule has 3 aromatic rings. The zero-order valence-electron chi connectivity index (χ0n) is 17.6. The summed E-state index contributed by atoms with van der Waals surface area (Å²) < 4.78 is 10.4. The van der Waals surface area contributed by atoms with E-state index < -0.39 is 23.0 Å². The minimum absolute atomic E-state index is 0.0863. The molecule has 0 aliphatic heterocycles. The molecule has 2 aromatic heterocycles. The molecule has 3 rings (SSSR count). The third kappa shape index (κ3) is 4.72. The molecule has 0 fully saturated rings. The number of thioether (sulfide) groups is 1. The van der Waals surface area contributed by atoms with Gasteiger partial charge in [0.15, 0.2) is 0 Å². The van der Waals surface area contributed by atoms with Crippen molar-refractivity contribution in [2.45, 2.75) is 38.0 Å². The van der Waals surface area contributed by atoms with E-state index in [2.05, 4.69) is 10.3 Å². The van der Waals surface area contributed by atoms with Gasteiger partial charge in [0.2, 0.25) is 11.8 Å². The fraction of sp³-hybridized carbons (Fsp3) is 0.273. The van der Waals surface area contributed by atoms with Crippen molar-refractivity contribution in [2.24, 2.45) is 5.73 Å². The highest BCUT2D eigenvalue weighted by Crippen LogP contribution is 2.30. The number of carbonyl (C=O) groups is 3. The number of aromatic nitrogens is 1. The summed E-state index contributed by atoms with van der Waals surface area (Å²) in [6, 6.07) is 9.69. The lowest BCUT2D eigenvalue weighted by molar-refractivity contribution is -0.115. The SMILES string of the molecule is CCOC(=O)c1c(C)oc(NC(=O)C(C)Sc2cc(C)c3ccccc3n2)c1C(N)=O. The third-order valence-electron chi connectivity index (χ3n) is 4.61. The molecule has 0 aliphatic carbocycles. The first-order valence-electron chi connectivity index (χ1n) is 9.67. The molecular formula is C22H23N3O5S. The van der Waals surface area contributed by atoms with Gasteiger partial charge in [0.1, 0.15) is 16.9 Å². The smallest absolute Gasteiger partial charge is 0.342 e. The summed E-state index contributed by atoms with van der Waals surface area (Å²) >= 11 is 1.27. The van der Waals surface area contributed by atoms with Crippen LogP contribution in [0.2, 0.25) is 0 Å². The molecule has 0 bridgehead atoms. The van der Waals surface area contributed by atoms with E-state index >= 15 is 0 Å². The number of hydrogen-bond acceptors (Lipinski definition) is 7. The van der Waals surface area contributed by atoms with Crippen molar-refractivity contribution >= 4 is 46.3 Å². The van der Waals surface area contributed by atoms with Crippen molar-refractivity contribution in [2.75, 3.05) is 11.9 Å². The molecule has 8 nitrogen and oxygen atoms in total. The Balaban J connectivity index is 1.82. The number of fused-ring (bicyclic) bond motifs is 1. The van der Waals surface area contributed by atoms with Crippen LogP contribution < -0.4 is 11.1 Å². The topological polar surface area (TPSA) is 125 Å². The van der Waals surface area contributed by atoms with Crippen LogP contribution in [0.15, 0.2) is 39.8 Å². The maximum absolute atomic E-state index is 12.8. The highest BCUT2D eigenvalue weighted by Gasteiger charge is 2.30. The second-order valence-electron chi connectivity index (χ2n) is 6.87. The predicted octanol–water partition coefficient (Wildman–Crippen LogP) is 3.84. The van der Waals surface area contributed by atoms with Gasteiger partial charge >= 0.3 is 5.97 Å². The first-order valence-corrected chi connectivity index (χ1v) is 10.5. The number of ether oxygens (including phenoxy) is 1. The Morgan fingerprint density at radius 2 is 1.94 bits per heavy atom. The normalized spacial score (nSPS) is 11.9. The number of furan rings is 1. The summed E-state index contributed by atoms with van der Waals surface area (Å²) in [5.74, 6) is -2.11. The third-order valence-corrected chi connectivity index (χ3v) is 5.63. The van der Waals surface area contributed by atoms with Crippen LogP contribution in [0, 0.1) is 13.8 Å². The summed E-state index contributed by atoms with van der Waals surface area (Å²) in [4.78, 5) is 41.5. The second-order valence-corrected chi connectivity index (χ2v) is 8.23. The number of pyridine rings is 1. The minimum atomic E-state index is -0.901. The Hall–Kier alpha value is -3.33. The fourth-order valence-corrected chi connectivity index (χ4v) is 4.07. The zero-order chi connectivity index (χ0) is 22.7. The van der Waals surface area contributed by atoms with Gasteiger partial charge in [-0.15, -0.1) is 0 Å². The zero-order valence-corrected chi connectivity index (χ0v) is 18.5. The quantitative estimate of drug-likeness (QED) is 0.421. The number of nitrogens with one attached hydrogen (secondary N) is 1. The van der Waals surface area contributed by atoms with E-state index in [0.717, 1.165) is 16.5 Å². The molecule has 0 spiro atoms. The summed E-state index contributed by atoms with van der Waals surface area (Å²) in [6.45, 7) is 6.95. The number of carbonyl (C=O) groups excluding carboxylic acids is 3. The van der Waals surface area contributed by atoms with Gasteiger partial charge in [-0.25, -0.2) is 9.78 Å². The number of primary amides is 1. The molecule has 0 aliphatic rings. The van der Waals surface area contributed by atoms with Gasteiger partial charge in [0, 0.05) is 5.39 Å². The standard InChI is InChI=1S/C22H23N3O5S/c1-5-29-22(28)17-12(3)30-21(18(17)19(23)26)25-20(27)13(4)31-16-10-11(2)14-8-6-7-9-15(14)24-16/h6-10,13H,5H2,1-4H3,(H2,23,26)(H,25,27). The number of benzene rings is 1. The predicted molar refractivity (Wildman–Crippen MR) is 118 cm³/mol. The van der Waals surface area contributed by atoms with Gasteiger partial charge in [-0.2, -0.15) is 0 Å². The lowest BCUT2D eigenvalue weighted by atomic mass is 10.1. The van der Waals surface area contributed by atoms with Crippen molar-refractivity contribution in [3.63, 3.8) is 0 Å². The van der Waals surface area contributed by atoms with Crippen LogP contribution in [-0.4, -0.2) is 34.6 Å². The van der Waals surface area contributed by atoms with E-state index in [1.807, 2.05) is 37.3 Å². The number of aryl methyl sites for hydroxylation is 2. The van der Waals surface area contributed by atoms with Crippen LogP contribution in [0.4, 0.5) is 5.88 Å². The highest BCUT2D eigenvalue weighted by atomic mass is 32.2. The number of rotatable bonds is 7. The number of hydrogen-bond donors (Lipinski definition) is 2. The van der Waals surface area contributed by atoms with E-state index in [-0.39, 0.29) is 29.4 Å². The van der Waals surface area contributed by atoms with E-state index in [4.69, 9.17) is 14.9 Å². The molecule has 2 amide bonds. The Morgan fingerprint density at radius 3 is 2.61 bits per heavy atom. The van der Waals surface area contributed by atoms with Crippen LogP contribution in [0.25, 0.3) is 10.9 Å². The second kappa shape index (κ2) is 9.22. The van der Waals surface area contributed by atoms with E-state index in [9.17, 15) is 14.4 Å². The molecule has 0 saturated heterocycles. The van der Waals surface area contributed by atoms with E-state index in [0.29, 0.717) is 5.03 Å². The van der Waals surface area contributed by atoms with E-state index in [1.165, 1.54) is 18.7 Å². The van der Waals surface area contributed by atoms with Gasteiger partial charge in [-0.1, -0.05) is 30.0 Å². The van der Waals surface area contributed by atoms with Crippen LogP contribution in [0.1, 0.15) is 45.9 Å². The molecule has 2 heterocycles. The van der Waals surface area contributed by atoms with Crippen LogP contribution in [-0.2, 0) is 9.53 Å². The van der Waals surface area contributed by atoms with Crippen LogP contribution >= 0.6 is 11.8 Å². The molecule has 162 valence electrons. The van der Waals surface area contributed by atoms with E-state index in [1.54, 1.807) is 13.8 Å². The molecule has 0 radical (unpaired) electrons. The van der Waals surface area contributed by atoms with Gasteiger partial charge < -0.3 is 14.9 Å². The highest BCUT2D eigenvalue weighted by molar-refractivity contribution is 8.00. The summed E-state index contributed by atoms with van der Waals surface area (Å²) in [7, 11) is 0. The van der Waals surface area contributed by atoms with Gasteiger partial charge in [0.05, 0.1) is 22.4 Å². The summed E-state index contributed by atoms with van der Waals surface area (Å²) in [5, 5.41) is 3.73. The van der Waals surface area contributed by atoms with Gasteiger partial charge in [-0.05, 0) is 45.4 Å². The van der Waals surface area contributed by atoms with Crippen molar-refractivity contribution in [3.05, 3.63) is 52.8 Å². The summed E-state index contributed by atoms with van der Waals surface area (Å²) in [5.41, 5.74) is 7.04.